The Morgan fingerprint density at radius 1 is 1.00 bits per heavy atom. The summed E-state index contributed by atoms with van der Waals surface area (Å²) in [5, 5.41) is 0. The third-order valence-corrected chi connectivity index (χ3v) is 2.62. The number of benzene rings is 1. The van der Waals surface area contributed by atoms with E-state index in [1.54, 1.807) is 0 Å². The van der Waals surface area contributed by atoms with Crippen LogP contribution in [-0.4, -0.2) is 6.08 Å². The standard InChI is InChI=1S/C7H4F5NOS/c8-15(9,10,11,12)7-3-1-6(2-4-7)13-5-14/h1-4H. The maximum atomic E-state index is 12.2. The Morgan fingerprint density at radius 3 is 1.80 bits per heavy atom. The van der Waals surface area contributed by atoms with Gasteiger partial charge in [-0.05, 0) is 24.3 Å². The molecule has 1 rings (SSSR count). The van der Waals surface area contributed by atoms with Gasteiger partial charge in [0.25, 0.3) is 0 Å². The summed E-state index contributed by atoms with van der Waals surface area (Å²) in [7, 11) is -9.62. The van der Waals surface area contributed by atoms with E-state index in [1.165, 1.54) is 0 Å². The molecule has 84 valence electrons. The summed E-state index contributed by atoms with van der Waals surface area (Å²) < 4.78 is 60.8. The van der Waals surface area contributed by atoms with Crippen LogP contribution in [0.15, 0.2) is 34.2 Å². The number of aliphatic imine (C=N–C) groups is 1. The number of hydrogen-bond donors (Lipinski definition) is 0. The zero-order valence-corrected chi connectivity index (χ0v) is 7.78. The zero-order chi connectivity index (χ0) is 11.8. The van der Waals surface area contributed by atoms with Crippen LogP contribution in [0.4, 0.5) is 25.1 Å². The highest BCUT2D eigenvalue weighted by Crippen LogP contribution is 3.02. The van der Waals surface area contributed by atoms with E-state index < -0.39 is 15.1 Å². The Balaban J connectivity index is 3.28. The summed E-state index contributed by atoms with van der Waals surface area (Å²) in [6, 6.07) is 1.69. The summed E-state index contributed by atoms with van der Waals surface area (Å²) in [5.74, 6) is 0. The third kappa shape index (κ3) is 3.03. The molecule has 2 nitrogen and oxygen atoms in total. The van der Waals surface area contributed by atoms with Crippen molar-refractivity contribution in [2.45, 2.75) is 4.90 Å². The molecule has 0 N–H and O–H groups in total. The van der Waals surface area contributed by atoms with Gasteiger partial charge in [-0.2, -0.15) is 4.99 Å². The largest absolute Gasteiger partial charge is 0.310 e. The van der Waals surface area contributed by atoms with Crippen molar-refractivity contribution in [3.05, 3.63) is 24.3 Å². The van der Waals surface area contributed by atoms with Crippen LogP contribution in [0.1, 0.15) is 0 Å². The molecule has 15 heavy (non-hydrogen) atoms. The van der Waals surface area contributed by atoms with Gasteiger partial charge in [0, 0.05) is 0 Å². The monoisotopic (exact) mass is 245 g/mol. The van der Waals surface area contributed by atoms with Crippen molar-refractivity contribution in [2.75, 3.05) is 0 Å². The molecule has 0 unspecified atom stereocenters. The minimum absolute atomic E-state index is 0.171. The van der Waals surface area contributed by atoms with E-state index in [-0.39, 0.29) is 17.8 Å². The number of isocyanates is 1. The van der Waals surface area contributed by atoms with E-state index in [2.05, 4.69) is 4.99 Å². The summed E-state index contributed by atoms with van der Waals surface area (Å²) in [6.07, 6.45) is 1.08. The highest BCUT2D eigenvalue weighted by molar-refractivity contribution is 8.45. The molecule has 0 saturated heterocycles. The van der Waals surface area contributed by atoms with Gasteiger partial charge in [0.2, 0.25) is 6.08 Å². The lowest BCUT2D eigenvalue weighted by Gasteiger charge is -2.40. The van der Waals surface area contributed by atoms with Crippen molar-refractivity contribution in [1.82, 2.24) is 0 Å². The lowest BCUT2D eigenvalue weighted by atomic mass is 10.3. The number of halogens is 5. The maximum Gasteiger partial charge on any atom is 0.310 e. The second-order valence-corrected chi connectivity index (χ2v) is 5.08. The molecule has 0 saturated carbocycles. The first-order chi connectivity index (χ1) is 6.53. The molecule has 0 aliphatic rings. The van der Waals surface area contributed by atoms with Crippen LogP contribution in [0.25, 0.3) is 0 Å². The Labute approximate surface area is 81.2 Å². The average Bonchev–Trinajstić information content (AvgIpc) is 2.01. The van der Waals surface area contributed by atoms with Gasteiger partial charge in [-0.1, -0.05) is 19.4 Å². The Morgan fingerprint density at radius 2 is 1.47 bits per heavy atom. The molecule has 1 aromatic rings. The molecule has 0 heterocycles. The van der Waals surface area contributed by atoms with Crippen LogP contribution < -0.4 is 0 Å². The average molecular weight is 245 g/mol. The van der Waals surface area contributed by atoms with Gasteiger partial charge in [-0.25, -0.2) is 4.79 Å². The minimum atomic E-state index is -9.62. The molecule has 0 fully saturated rings. The van der Waals surface area contributed by atoms with Crippen LogP contribution >= 0.6 is 10.2 Å². The fourth-order valence-electron chi connectivity index (χ4n) is 0.831. The lowest BCUT2D eigenvalue weighted by molar-refractivity contribution is 0.364. The first-order valence-corrected chi connectivity index (χ1v) is 5.40. The second-order valence-electron chi connectivity index (χ2n) is 2.67. The van der Waals surface area contributed by atoms with E-state index in [4.69, 9.17) is 0 Å². The minimum Gasteiger partial charge on any atom is -0.211 e. The van der Waals surface area contributed by atoms with Gasteiger partial charge in [0.05, 0.1) is 5.69 Å². The molecule has 0 aliphatic heterocycles. The summed E-state index contributed by atoms with van der Waals surface area (Å²) in [5.41, 5.74) is -0.171. The smallest absolute Gasteiger partial charge is 0.211 e. The Hall–Kier alpha value is -1.40. The summed E-state index contributed by atoms with van der Waals surface area (Å²) in [6.45, 7) is 0. The van der Waals surface area contributed by atoms with Crippen molar-refractivity contribution < 1.29 is 24.2 Å². The topological polar surface area (TPSA) is 29.4 Å². The van der Waals surface area contributed by atoms with Gasteiger partial charge in [-0.3, -0.25) is 0 Å². The molecule has 0 aliphatic carbocycles. The van der Waals surface area contributed by atoms with E-state index in [9.17, 15) is 24.2 Å². The molecule has 1 aromatic carbocycles. The van der Waals surface area contributed by atoms with E-state index in [1.807, 2.05) is 0 Å². The highest BCUT2D eigenvalue weighted by Gasteiger charge is 2.65. The van der Waals surface area contributed by atoms with Crippen LogP contribution in [0.5, 0.6) is 0 Å². The molecular formula is C7H4F5NOS. The molecule has 0 amide bonds. The van der Waals surface area contributed by atoms with Gasteiger partial charge >= 0.3 is 10.2 Å². The Bertz CT molecular complexity index is 430. The van der Waals surface area contributed by atoms with Crippen molar-refractivity contribution >= 4 is 22.0 Å². The van der Waals surface area contributed by atoms with E-state index in [0.29, 0.717) is 12.1 Å². The third-order valence-electron chi connectivity index (χ3n) is 1.46. The molecule has 0 aromatic heterocycles. The molecule has 0 atom stereocenters. The molecule has 0 spiro atoms. The number of carbonyl (C=O) groups excluding carboxylic acids is 1. The fraction of sp³-hybridized carbons (Fsp3) is 0. The van der Waals surface area contributed by atoms with Gasteiger partial charge in [0.15, 0.2) is 0 Å². The van der Waals surface area contributed by atoms with Crippen molar-refractivity contribution in [2.24, 2.45) is 4.99 Å². The van der Waals surface area contributed by atoms with Crippen molar-refractivity contribution in [1.29, 1.82) is 0 Å². The first kappa shape index (κ1) is 11.7. The number of hydrogen-bond acceptors (Lipinski definition) is 2. The maximum absolute atomic E-state index is 12.2. The summed E-state index contributed by atoms with van der Waals surface area (Å²) in [4.78, 5) is 10.7. The highest BCUT2D eigenvalue weighted by atomic mass is 32.5. The summed E-state index contributed by atoms with van der Waals surface area (Å²) >= 11 is 0. The number of rotatable bonds is 2. The van der Waals surface area contributed by atoms with Gasteiger partial charge in [0.1, 0.15) is 4.90 Å². The Kier molecular flexibility index (Phi) is 2.01. The van der Waals surface area contributed by atoms with Gasteiger partial charge in [-0.15, -0.1) is 0 Å². The van der Waals surface area contributed by atoms with E-state index in [0.717, 1.165) is 6.08 Å². The molecule has 8 heteroatoms. The quantitative estimate of drug-likeness (QED) is 0.433. The van der Waals surface area contributed by atoms with Crippen LogP contribution in [0.3, 0.4) is 0 Å². The molecule has 0 bridgehead atoms. The van der Waals surface area contributed by atoms with E-state index >= 15 is 0 Å². The van der Waals surface area contributed by atoms with Crippen molar-refractivity contribution in [3.63, 3.8) is 0 Å². The van der Waals surface area contributed by atoms with Gasteiger partial charge < -0.3 is 0 Å². The fourth-order valence-corrected chi connectivity index (χ4v) is 1.48. The molecule has 0 radical (unpaired) electrons. The van der Waals surface area contributed by atoms with Crippen molar-refractivity contribution in [3.8, 4) is 0 Å². The second kappa shape index (κ2) is 2.59. The SMILES string of the molecule is O=C=Nc1ccc(S(F)(F)(F)(F)F)cc1. The lowest BCUT2D eigenvalue weighted by Crippen LogP contribution is -2.05. The zero-order valence-electron chi connectivity index (χ0n) is 6.96. The van der Waals surface area contributed by atoms with Crippen LogP contribution in [0, 0.1) is 0 Å². The normalized spacial score (nSPS) is 16.1. The van der Waals surface area contributed by atoms with Crippen LogP contribution in [0.2, 0.25) is 0 Å². The van der Waals surface area contributed by atoms with Crippen LogP contribution in [-0.2, 0) is 4.79 Å². The predicted octanol–water partition coefficient (Wildman–Crippen LogP) is 4.31. The molecular weight excluding hydrogens is 241 g/mol. The first-order valence-electron chi connectivity index (χ1n) is 3.45. The predicted molar refractivity (Wildman–Crippen MR) is 45.6 cm³/mol. The number of nitrogens with zero attached hydrogens (tertiary/aromatic N) is 1.